The van der Waals surface area contributed by atoms with Gasteiger partial charge >= 0.3 is 6.03 Å². The van der Waals surface area contributed by atoms with Crippen LogP contribution < -0.4 is 10.1 Å². The maximum atomic E-state index is 13.8. The summed E-state index contributed by atoms with van der Waals surface area (Å²) in [5.41, 5.74) is 0.709. The molecule has 2 amide bonds. The van der Waals surface area contributed by atoms with Crippen LogP contribution in [0.2, 0.25) is 0 Å². The third-order valence-electron chi connectivity index (χ3n) is 5.45. The van der Waals surface area contributed by atoms with Gasteiger partial charge in [-0.15, -0.1) is 0 Å². The van der Waals surface area contributed by atoms with Crippen LogP contribution in [0.1, 0.15) is 12.8 Å². The first-order valence-corrected chi connectivity index (χ1v) is 9.26. The van der Waals surface area contributed by atoms with Gasteiger partial charge in [0.2, 0.25) is 5.88 Å². The van der Waals surface area contributed by atoms with Crippen LogP contribution in [0.15, 0.2) is 36.5 Å². The number of hydrogen-bond donors (Lipinski definition) is 1. The number of amides is 2. The summed E-state index contributed by atoms with van der Waals surface area (Å²) in [5.74, 6) is -1.53. The van der Waals surface area contributed by atoms with Crippen molar-refractivity contribution >= 4 is 11.7 Å². The van der Waals surface area contributed by atoms with E-state index < -0.39 is 11.6 Å². The zero-order valence-corrected chi connectivity index (χ0v) is 15.6. The van der Waals surface area contributed by atoms with Crippen LogP contribution in [0.3, 0.4) is 0 Å². The van der Waals surface area contributed by atoms with E-state index in [1.165, 1.54) is 18.3 Å². The summed E-state index contributed by atoms with van der Waals surface area (Å²) in [4.78, 5) is 20.8. The summed E-state index contributed by atoms with van der Waals surface area (Å²) in [5, 5.41) is 2.85. The third kappa shape index (κ3) is 3.91. The number of nitrogens with zero attached hydrogens (tertiary/aromatic N) is 3. The highest BCUT2D eigenvalue weighted by Gasteiger charge is 2.43. The fourth-order valence-electron chi connectivity index (χ4n) is 4.02. The molecule has 1 N–H and O–H groups in total. The first-order chi connectivity index (χ1) is 13.4. The van der Waals surface area contributed by atoms with E-state index in [0.717, 1.165) is 51.2 Å². The normalized spacial score (nSPS) is 22.0. The molecule has 0 bridgehead atoms. The Balaban J connectivity index is 1.40. The van der Waals surface area contributed by atoms with Crippen LogP contribution in [0.4, 0.5) is 19.3 Å². The van der Waals surface area contributed by atoms with E-state index in [-0.39, 0.29) is 23.1 Å². The van der Waals surface area contributed by atoms with Crippen molar-refractivity contribution in [2.45, 2.75) is 12.8 Å². The number of likely N-dealkylation sites (tertiary alicyclic amines) is 2. The lowest BCUT2D eigenvalue weighted by Gasteiger charge is -2.24. The summed E-state index contributed by atoms with van der Waals surface area (Å²) >= 11 is 0. The van der Waals surface area contributed by atoms with Crippen LogP contribution in [-0.2, 0) is 0 Å². The van der Waals surface area contributed by atoms with E-state index in [9.17, 15) is 13.6 Å². The molecule has 2 aromatic rings. The highest BCUT2D eigenvalue weighted by atomic mass is 19.1. The van der Waals surface area contributed by atoms with Gasteiger partial charge in [0, 0.05) is 49.1 Å². The largest absolute Gasteiger partial charge is 0.436 e. The van der Waals surface area contributed by atoms with Gasteiger partial charge in [0.25, 0.3) is 0 Å². The summed E-state index contributed by atoms with van der Waals surface area (Å²) in [6.45, 7) is 3.57. The minimum absolute atomic E-state index is 0.110. The first-order valence-electron chi connectivity index (χ1n) is 9.26. The van der Waals surface area contributed by atoms with Crippen molar-refractivity contribution in [2.75, 3.05) is 38.5 Å². The Kier molecular flexibility index (Phi) is 4.89. The minimum atomic E-state index is -0.819. The summed E-state index contributed by atoms with van der Waals surface area (Å²) < 4.78 is 32.1. The molecule has 6 nitrogen and oxygen atoms in total. The van der Waals surface area contributed by atoms with E-state index in [4.69, 9.17) is 4.74 Å². The van der Waals surface area contributed by atoms with Crippen molar-refractivity contribution in [2.24, 2.45) is 5.41 Å². The molecule has 2 fully saturated rings. The van der Waals surface area contributed by atoms with Crippen LogP contribution in [0.5, 0.6) is 11.6 Å². The van der Waals surface area contributed by atoms with E-state index in [0.29, 0.717) is 5.69 Å². The summed E-state index contributed by atoms with van der Waals surface area (Å²) in [7, 11) is 2.11. The smallest absolute Gasteiger partial charge is 0.321 e. The van der Waals surface area contributed by atoms with Crippen molar-refractivity contribution in [1.29, 1.82) is 0 Å². The van der Waals surface area contributed by atoms with E-state index in [1.807, 2.05) is 4.90 Å². The first kappa shape index (κ1) is 18.6. The number of rotatable bonds is 3. The molecule has 2 saturated heterocycles. The SMILES string of the molecule is CN1CCC2(CCN(C(=O)Nc3ccnc(Oc4ccc(F)cc4F)c3)C2)C1. The van der Waals surface area contributed by atoms with Crippen LogP contribution >= 0.6 is 0 Å². The van der Waals surface area contributed by atoms with Gasteiger partial charge in [0.05, 0.1) is 0 Å². The number of pyridine rings is 1. The number of benzene rings is 1. The fourth-order valence-corrected chi connectivity index (χ4v) is 4.02. The van der Waals surface area contributed by atoms with Gasteiger partial charge < -0.3 is 19.9 Å². The Morgan fingerprint density at radius 1 is 1.18 bits per heavy atom. The number of halogens is 2. The second-order valence-corrected chi connectivity index (χ2v) is 7.65. The van der Waals surface area contributed by atoms with Crippen LogP contribution in [0, 0.1) is 17.0 Å². The zero-order chi connectivity index (χ0) is 19.7. The molecule has 1 atom stereocenters. The fraction of sp³-hybridized carbons (Fsp3) is 0.400. The molecule has 28 heavy (non-hydrogen) atoms. The highest BCUT2D eigenvalue weighted by molar-refractivity contribution is 5.89. The molecule has 0 saturated carbocycles. The van der Waals surface area contributed by atoms with E-state index >= 15 is 0 Å². The average Bonchev–Trinajstić information content (AvgIpc) is 3.24. The maximum absolute atomic E-state index is 13.8. The lowest BCUT2D eigenvalue weighted by atomic mass is 9.86. The van der Waals surface area contributed by atoms with Gasteiger partial charge in [0.15, 0.2) is 11.6 Å². The standard InChI is InChI=1S/C20H22F2N4O2/c1-25-8-5-20(12-25)6-9-26(13-20)19(27)24-15-4-7-23-18(11-15)28-17-3-2-14(21)10-16(17)22/h2-4,7,10-11H,5-6,8-9,12-13H2,1H3,(H,23,24,27). The molecule has 2 aliphatic heterocycles. The monoisotopic (exact) mass is 388 g/mol. The molecule has 148 valence electrons. The lowest BCUT2D eigenvalue weighted by molar-refractivity contribution is 0.212. The van der Waals surface area contributed by atoms with Gasteiger partial charge in [-0.2, -0.15) is 0 Å². The Morgan fingerprint density at radius 2 is 2.00 bits per heavy atom. The number of nitrogens with one attached hydrogen (secondary N) is 1. The molecular weight excluding hydrogens is 366 g/mol. The number of carbonyl (C=O) groups is 1. The number of anilines is 1. The Labute approximate surface area is 162 Å². The number of aromatic nitrogens is 1. The molecule has 1 unspecified atom stereocenters. The van der Waals surface area contributed by atoms with Gasteiger partial charge in [-0.05, 0) is 44.6 Å². The van der Waals surface area contributed by atoms with Crippen molar-refractivity contribution in [3.05, 3.63) is 48.2 Å². The average molecular weight is 388 g/mol. The van der Waals surface area contributed by atoms with Crippen molar-refractivity contribution < 1.29 is 18.3 Å². The Bertz CT molecular complexity index is 894. The zero-order valence-electron chi connectivity index (χ0n) is 15.6. The number of ether oxygens (including phenoxy) is 1. The maximum Gasteiger partial charge on any atom is 0.321 e. The van der Waals surface area contributed by atoms with E-state index in [1.54, 1.807) is 6.07 Å². The predicted octanol–water partition coefficient (Wildman–Crippen LogP) is 3.71. The molecule has 2 aliphatic rings. The van der Waals surface area contributed by atoms with Gasteiger partial charge in [0.1, 0.15) is 5.82 Å². The van der Waals surface area contributed by atoms with Gasteiger partial charge in [-0.3, -0.25) is 0 Å². The Morgan fingerprint density at radius 3 is 2.75 bits per heavy atom. The molecule has 8 heteroatoms. The van der Waals surface area contributed by atoms with Crippen molar-refractivity contribution in [3.63, 3.8) is 0 Å². The molecule has 1 spiro atoms. The van der Waals surface area contributed by atoms with Crippen LogP contribution in [-0.4, -0.2) is 54.0 Å². The molecule has 1 aromatic carbocycles. The second-order valence-electron chi connectivity index (χ2n) is 7.65. The van der Waals surface area contributed by atoms with Crippen molar-refractivity contribution in [1.82, 2.24) is 14.8 Å². The molecule has 4 rings (SSSR count). The minimum Gasteiger partial charge on any atom is -0.436 e. The number of urea groups is 1. The molecule has 0 aliphatic carbocycles. The lowest BCUT2D eigenvalue weighted by Crippen LogP contribution is -2.36. The van der Waals surface area contributed by atoms with E-state index in [2.05, 4.69) is 22.2 Å². The predicted molar refractivity (Wildman–Crippen MR) is 100 cm³/mol. The summed E-state index contributed by atoms with van der Waals surface area (Å²) in [6, 6.07) is 6.02. The molecule has 1 aromatic heterocycles. The molecule has 0 radical (unpaired) electrons. The van der Waals surface area contributed by atoms with Gasteiger partial charge in [-0.25, -0.2) is 18.6 Å². The van der Waals surface area contributed by atoms with Crippen LogP contribution in [0.25, 0.3) is 0 Å². The second kappa shape index (κ2) is 7.35. The highest BCUT2D eigenvalue weighted by Crippen LogP contribution is 2.39. The number of carbonyl (C=O) groups excluding carboxylic acids is 1. The quantitative estimate of drug-likeness (QED) is 0.871. The third-order valence-corrected chi connectivity index (χ3v) is 5.45. The number of hydrogen-bond acceptors (Lipinski definition) is 4. The summed E-state index contributed by atoms with van der Waals surface area (Å²) in [6.07, 6.45) is 3.59. The van der Waals surface area contributed by atoms with Crippen molar-refractivity contribution in [3.8, 4) is 11.6 Å². The Hall–Kier alpha value is -2.74. The molecular formula is C20H22F2N4O2. The molecule has 3 heterocycles. The van der Waals surface area contributed by atoms with Gasteiger partial charge in [-0.1, -0.05) is 0 Å². The topological polar surface area (TPSA) is 57.7 Å².